The largest absolute Gasteiger partial charge is 0.442 e. The molecule has 0 fully saturated rings. The molecule has 0 spiro atoms. The number of carbonyl (C=O) groups is 1. The Morgan fingerprint density at radius 1 is 1.39 bits per heavy atom. The van der Waals surface area contributed by atoms with Crippen molar-refractivity contribution in [1.82, 2.24) is 0 Å². The molecule has 0 aromatic heterocycles. The third-order valence-corrected chi connectivity index (χ3v) is 2.47. The lowest BCUT2D eigenvalue weighted by molar-refractivity contribution is 0.0996. The fourth-order valence-corrected chi connectivity index (χ4v) is 1.66. The number of azide groups is 1. The molecular weight excluding hydrogens is 232 g/mol. The number of primary amides is 1. The molecule has 1 rings (SSSR count). The minimum Gasteiger partial charge on any atom is -0.442 e. The van der Waals surface area contributed by atoms with Crippen LogP contribution in [0.1, 0.15) is 30.9 Å². The third kappa shape index (κ3) is 5.23. The molecule has 6 heteroatoms. The van der Waals surface area contributed by atoms with Crippen molar-refractivity contribution in [1.29, 1.82) is 0 Å². The van der Waals surface area contributed by atoms with Gasteiger partial charge in [-0.15, -0.1) is 0 Å². The summed E-state index contributed by atoms with van der Waals surface area (Å²) in [7, 11) is 0. The zero-order valence-electron chi connectivity index (χ0n) is 10.0. The van der Waals surface area contributed by atoms with Crippen molar-refractivity contribution in [3.63, 3.8) is 0 Å². The summed E-state index contributed by atoms with van der Waals surface area (Å²) in [5.41, 5.74) is 14.1. The molecule has 0 bridgehead atoms. The number of nitrogens with two attached hydrogens (primary N) is 1. The number of benzene rings is 1. The first-order chi connectivity index (χ1) is 8.74. The van der Waals surface area contributed by atoms with E-state index in [1.807, 2.05) is 30.3 Å². The van der Waals surface area contributed by atoms with Crippen LogP contribution in [0.25, 0.3) is 10.4 Å². The Kier molecular flexibility index (Phi) is 6.14. The fraction of sp³-hybridized carbons (Fsp3) is 0.417. The van der Waals surface area contributed by atoms with Gasteiger partial charge < -0.3 is 10.5 Å². The summed E-state index contributed by atoms with van der Waals surface area (Å²) in [5, 5.41) is 3.45. The van der Waals surface area contributed by atoms with Crippen LogP contribution in [0.3, 0.4) is 0 Å². The average Bonchev–Trinajstić information content (AvgIpc) is 2.38. The lowest BCUT2D eigenvalue weighted by Gasteiger charge is -2.16. The molecule has 1 atom stereocenters. The summed E-state index contributed by atoms with van der Waals surface area (Å²) in [4.78, 5) is 13.5. The van der Waals surface area contributed by atoms with Gasteiger partial charge in [-0.25, -0.2) is 4.79 Å². The van der Waals surface area contributed by atoms with Crippen molar-refractivity contribution < 1.29 is 9.53 Å². The van der Waals surface area contributed by atoms with Crippen molar-refractivity contribution in [2.45, 2.75) is 25.4 Å². The van der Waals surface area contributed by atoms with Crippen LogP contribution in [0, 0.1) is 0 Å². The quantitative estimate of drug-likeness (QED) is 0.346. The maximum Gasteiger partial charge on any atom is 0.405 e. The minimum absolute atomic E-state index is 0.338. The van der Waals surface area contributed by atoms with Gasteiger partial charge in [0, 0.05) is 11.5 Å². The van der Waals surface area contributed by atoms with Gasteiger partial charge in [-0.3, -0.25) is 0 Å². The Morgan fingerprint density at radius 3 is 2.72 bits per heavy atom. The van der Waals surface area contributed by atoms with E-state index in [1.165, 1.54) is 0 Å². The summed E-state index contributed by atoms with van der Waals surface area (Å²) in [5.74, 6) is 0. The van der Waals surface area contributed by atoms with Crippen LogP contribution in [-0.4, -0.2) is 12.6 Å². The zero-order valence-corrected chi connectivity index (χ0v) is 10.0. The first-order valence-corrected chi connectivity index (χ1v) is 5.76. The van der Waals surface area contributed by atoms with E-state index in [2.05, 4.69) is 10.0 Å². The van der Waals surface area contributed by atoms with Gasteiger partial charge in [0.15, 0.2) is 0 Å². The van der Waals surface area contributed by atoms with Crippen molar-refractivity contribution in [2.75, 3.05) is 6.54 Å². The van der Waals surface area contributed by atoms with E-state index in [4.69, 9.17) is 16.0 Å². The van der Waals surface area contributed by atoms with Gasteiger partial charge in [0.1, 0.15) is 6.10 Å². The van der Waals surface area contributed by atoms with Gasteiger partial charge in [0.05, 0.1) is 0 Å². The van der Waals surface area contributed by atoms with Crippen LogP contribution in [-0.2, 0) is 4.74 Å². The smallest absolute Gasteiger partial charge is 0.405 e. The van der Waals surface area contributed by atoms with Gasteiger partial charge in [0.25, 0.3) is 0 Å². The fourth-order valence-electron chi connectivity index (χ4n) is 1.66. The lowest BCUT2D eigenvalue weighted by atomic mass is 10.0. The maximum absolute atomic E-state index is 10.9. The number of unbranched alkanes of at least 4 members (excludes halogenated alkanes) is 1. The zero-order chi connectivity index (χ0) is 13.2. The van der Waals surface area contributed by atoms with E-state index in [9.17, 15) is 4.79 Å². The van der Waals surface area contributed by atoms with Crippen LogP contribution in [0.5, 0.6) is 0 Å². The molecule has 0 radical (unpaired) electrons. The van der Waals surface area contributed by atoms with Gasteiger partial charge in [-0.2, -0.15) is 0 Å². The molecule has 1 aromatic rings. The van der Waals surface area contributed by atoms with Crippen LogP contribution in [0.4, 0.5) is 4.79 Å². The van der Waals surface area contributed by atoms with E-state index in [0.29, 0.717) is 13.0 Å². The molecule has 96 valence electrons. The summed E-state index contributed by atoms with van der Waals surface area (Å²) in [6.45, 7) is 0.453. The molecule has 18 heavy (non-hydrogen) atoms. The second kappa shape index (κ2) is 7.97. The molecule has 1 aromatic carbocycles. The topological polar surface area (TPSA) is 101 Å². The second-order valence-electron chi connectivity index (χ2n) is 3.79. The predicted octanol–water partition coefficient (Wildman–Crippen LogP) is 3.30. The Morgan fingerprint density at radius 2 is 2.11 bits per heavy atom. The third-order valence-electron chi connectivity index (χ3n) is 2.47. The average molecular weight is 248 g/mol. The van der Waals surface area contributed by atoms with Crippen LogP contribution >= 0.6 is 0 Å². The number of rotatable bonds is 7. The van der Waals surface area contributed by atoms with Crippen molar-refractivity contribution in [3.8, 4) is 0 Å². The van der Waals surface area contributed by atoms with Crippen molar-refractivity contribution in [3.05, 3.63) is 46.3 Å². The molecule has 0 saturated heterocycles. The predicted molar refractivity (Wildman–Crippen MR) is 67.7 cm³/mol. The van der Waals surface area contributed by atoms with Gasteiger partial charge in [-0.1, -0.05) is 35.4 Å². The molecule has 1 unspecified atom stereocenters. The Bertz CT molecular complexity index is 415. The van der Waals surface area contributed by atoms with Gasteiger partial charge in [0.2, 0.25) is 0 Å². The molecule has 0 aliphatic rings. The Balaban J connectivity index is 2.51. The molecular formula is C12H16N4O2. The highest BCUT2D eigenvalue weighted by Crippen LogP contribution is 2.23. The Hall–Kier alpha value is -2.20. The first kappa shape index (κ1) is 13.9. The maximum atomic E-state index is 10.9. The summed E-state index contributed by atoms with van der Waals surface area (Å²) >= 11 is 0. The molecule has 0 heterocycles. The van der Waals surface area contributed by atoms with E-state index in [-0.39, 0.29) is 6.10 Å². The summed E-state index contributed by atoms with van der Waals surface area (Å²) < 4.78 is 5.08. The highest BCUT2D eigenvalue weighted by molar-refractivity contribution is 5.65. The van der Waals surface area contributed by atoms with E-state index < -0.39 is 6.09 Å². The number of amides is 1. The highest BCUT2D eigenvalue weighted by Gasteiger charge is 2.14. The molecule has 1 amide bonds. The second-order valence-corrected chi connectivity index (χ2v) is 3.79. The van der Waals surface area contributed by atoms with Crippen molar-refractivity contribution in [2.24, 2.45) is 10.8 Å². The van der Waals surface area contributed by atoms with Gasteiger partial charge in [-0.05, 0) is 30.4 Å². The molecule has 0 saturated carbocycles. The normalized spacial score (nSPS) is 11.3. The molecule has 0 aliphatic heterocycles. The number of nitrogens with zero attached hydrogens (tertiary/aromatic N) is 3. The van der Waals surface area contributed by atoms with Crippen LogP contribution in [0.2, 0.25) is 0 Å². The molecule has 0 aliphatic carbocycles. The van der Waals surface area contributed by atoms with Gasteiger partial charge >= 0.3 is 6.09 Å². The van der Waals surface area contributed by atoms with Crippen LogP contribution < -0.4 is 5.73 Å². The van der Waals surface area contributed by atoms with E-state index in [0.717, 1.165) is 18.4 Å². The van der Waals surface area contributed by atoms with Crippen molar-refractivity contribution >= 4 is 6.09 Å². The molecule has 2 N–H and O–H groups in total. The summed E-state index contributed by atoms with van der Waals surface area (Å²) in [6.07, 6.45) is 1.10. The standard InChI is InChI=1S/C12H16N4O2/c13-12(17)18-11(8-4-5-9-15-16-14)10-6-2-1-3-7-10/h1-3,6-7,11H,4-5,8-9H2,(H2,13,17). The monoisotopic (exact) mass is 248 g/mol. The number of hydrogen-bond donors (Lipinski definition) is 1. The van der Waals surface area contributed by atoms with Crippen LogP contribution in [0.15, 0.2) is 35.4 Å². The number of carbonyl (C=O) groups excluding carboxylic acids is 1. The lowest BCUT2D eigenvalue weighted by Crippen LogP contribution is -2.17. The summed E-state index contributed by atoms with van der Waals surface area (Å²) in [6, 6.07) is 9.44. The number of hydrogen-bond acceptors (Lipinski definition) is 3. The first-order valence-electron chi connectivity index (χ1n) is 5.76. The Labute approximate surface area is 105 Å². The SMILES string of the molecule is [N-]=[N+]=NCCCCC(OC(N)=O)c1ccccc1. The van der Waals surface area contributed by atoms with E-state index in [1.54, 1.807) is 0 Å². The highest BCUT2D eigenvalue weighted by atomic mass is 16.6. The molecule has 6 nitrogen and oxygen atoms in total. The minimum atomic E-state index is -0.779. The number of ether oxygens (including phenoxy) is 1. The van der Waals surface area contributed by atoms with E-state index >= 15 is 0 Å².